The van der Waals surface area contributed by atoms with E-state index in [9.17, 15) is 4.79 Å². The number of hydrogen-bond acceptors (Lipinski definition) is 5. The number of likely N-dealkylation sites (N-methyl/N-ethyl adjacent to an activating group) is 1. The first-order chi connectivity index (χ1) is 14.1. The minimum atomic E-state index is 0.0313. The summed E-state index contributed by atoms with van der Waals surface area (Å²) in [5.74, 6) is 1.44. The molecule has 0 atom stereocenters. The van der Waals surface area contributed by atoms with Crippen molar-refractivity contribution < 1.29 is 4.79 Å². The lowest BCUT2D eigenvalue weighted by Crippen LogP contribution is -2.47. The molecule has 2 fully saturated rings. The minimum absolute atomic E-state index is 0.0313. The van der Waals surface area contributed by atoms with Crippen LogP contribution < -0.4 is 4.90 Å². The van der Waals surface area contributed by atoms with E-state index >= 15 is 0 Å². The van der Waals surface area contributed by atoms with Crippen molar-refractivity contribution in [1.29, 1.82) is 0 Å². The Kier molecular flexibility index (Phi) is 6.09. The van der Waals surface area contributed by atoms with Gasteiger partial charge in [0.15, 0.2) is 0 Å². The number of carbonyl (C=O) groups excluding carboxylic acids is 1. The summed E-state index contributed by atoms with van der Waals surface area (Å²) >= 11 is 0. The summed E-state index contributed by atoms with van der Waals surface area (Å²) in [7, 11) is 2.09. The zero-order chi connectivity index (χ0) is 20.2. The summed E-state index contributed by atoms with van der Waals surface area (Å²) in [4.78, 5) is 28.7. The SMILES string of the molecule is Cc1cc(C(=O)N2CCN(C)CC2)nc(N2CCC(Cc3ccccc3)CC2)n1. The Balaban J connectivity index is 1.40. The van der Waals surface area contributed by atoms with Crippen molar-refractivity contribution in [3.63, 3.8) is 0 Å². The van der Waals surface area contributed by atoms with Gasteiger partial charge in [-0.2, -0.15) is 0 Å². The number of amides is 1. The summed E-state index contributed by atoms with van der Waals surface area (Å²) < 4.78 is 0. The smallest absolute Gasteiger partial charge is 0.272 e. The molecule has 1 aromatic heterocycles. The van der Waals surface area contributed by atoms with Gasteiger partial charge in [0.05, 0.1) is 0 Å². The number of anilines is 1. The number of benzene rings is 1. The molecular weight excluding hydrogens is 362 g/mol. The molecule has 0 radical (unpaired) electrons. The van der Waals surface area contributed by atoms with Gasteiger partial charge in [-0.15, -0.1) is 0 Å². The van der Waals surface area contributed by atoms with Gasteiger partial charge in [0.25, 0.3) is 5.91 Å². The third kappa shape index (κ3) is 4.93. The molecule has 0 aliphatic carbocycles. The molecule has 0 unspecified atom stereocenters. The van der Waals surface area contributed by atoms with Gasteiger partial charge >= 0.3 is 0 Å². The summed E-state index contributed by atoms with van der Waals surface area (Å²) in [6, 6.07) is 12.6. The number of hydrogen-bond donors (Lipinski definition) is 0. The molecule has 0 spiro atoms. The molecule has 154 valence electrons. The zero-order valence-electron chi connectivity index (χ0n) is 17.5. The number of aromatic nitrogens is 2. The van der Waals surface area contributed by atoms with Crippen LogP contribution in [0.25, 0.3) is 0 Å². The molecule has 4 rings (SSSR count). The number of aryl methyl sites for hydroxylation is 1. The van der Waals surface area contributed by atoms with Gasteiger partial charge in [-0.3, -0.25) is 4.79 Å². The van der Waals surface area contributed by atoms with Crippen LogP contribution in [0.2, 0.25) is 0 Å². The highest BCUT2D eigenvalue weighted by molar-refractivity contribution is 5.92. The fourth-order valence-electron chi connectivity index (χ4n) is 4.26. The van der Waals surface area contributed by atoms with Crippen LogP contribution in [0.5, 0.6) is 0 Å². The Morgan fingerprint density at radius 3 is 2.38 bits per heavy atom. The fraction of sp³-hybridized carbons (Fsp3) is 0.522. The normalized spacial score (nSPS) is 18.8. The van der Waals surface area contributed by atoms with Crippen molar-refractivity contribution in [2.45, 2.75) is 26.2 Å². The number of nitrogens with zero attached hydrogens (tertiary/aromatic N) is 5. The van der Waals surface area contributed by atoms with Crippen molar-refractivity contribution in [3.05, 3.63) is 53.3 Å². The molecule has 6 heteroatoms. The Bertz CT molecular complexity index is 824. The van der Waals surface area contributed by atoms with Crippen LogP contribution in [0, 0.1) is 12.8 Å². The average molecular weight is 394 g/mol. The van der Waals surface area contributed by atoms with E-state index in [4.69, 9.17) is 0 Å². The number of carbonyl (C=O) groups is 1. The van der Waals surface area contributed by atoms with Crippen molar-refractivity contribution >= 4 is 11.9 Å². The molecule has 2 aliphatic heterocycles. The molecule has 2 aromatic rings. The first kappa shape index (κ1) is 19.8. The van der Waals surface area contributed by atoms with E-state index in [1.54, 1.807) is 0 Å². The fourth-order valence-corrected chi connectivity index (χ4v) is 4.26. The van der Waals surface area contributed by atoms with Crippen LogP contribution in [-0.4, -0.2) is 72.0 Å². The molecule has 0 saturated carbocycles. The summed E-state index contributed by atoms with van der Waals surface area (Å²) in [6.07, 6.45) is 3.40. The monoisotopic (exact) mass is 393 g/mol. The number of piperazine rings is 1. The Labute approximate surface area is 173 Å². The van der Waals surface area contributed by atoms with E-state index in [1.807, 2.05) is 17.9 Å². The first-order valence-electron chi connectivity index (χ1n) is 10.7. The second-order valence-corrected chi connectivity index (χ2v) is 8.41. The second kappa shape index (κ2) is 8.91. The van der Waals surface area contributed by atoms with Crippen LogP contribution in [0.4, 0.5) is 5.95 Å². The van der Waals surface area contributed by atoms with Crippen LogP contribution in [0.15, 0.2) is 36.4 Å². The Hall–Kier alpha value is -2.47. The Morgan fingerprint density at radius 2 is 1.69 bits per heavy atom. The van der Waals surface area contributed by atoms with Gasteiger partial charge in [0.2, 0.25) is 5.95 Å². The predicted octanol–water partition coefficient (Wildman–Crippen LogP) is 2.63. The third-order valence-electron chi connectivity index (χ3n) is 6.12. The van der Waals surface area contributed by atoms with E-state index in [2.05, 4.69) is 57.1 Å². The maximum atomic E-state index is 12.9. The highest BCUT2D eigenvalue weighted by Gasteiger charge is 2.25. The maximum Gasteiger partial charge on any atom is 0.272 e. The molecule has 1 aromatic carbocycles. The second-order valence-electron chi connectivity index (χ2n) is 8.41. The van der Waals surface area contributed by atoms with Gasteiger partial charge in [-0.1, -0.05) is 30.3 Å². The van der Waals surface area contributed by atoms with Crippen LogP contribution in [-0.2, 0) is 6.42 Å². The van der Waals surface area contributed by atoms with Gasteiger partial charge in [-0.25, -0.2) is 9.97 Å². The molecule has 2 aliphatic rings. The van der Waals surface area contributed by atoms with Gasteiger partial charge in [0.1, 0.15) is 5.69 Å². The predicted molar refractivity (Wildman–Crippen MR) is 115 cm³/mol. The number of piperidine rings is 1. The summed E-state index contributed by atoms with van der Waals surface area (Å²) in [6.45, 7) is 7.20. The average Bonchev–Trinajstić information content (AvgIpc) is 2.75. The minimum Gasteiger partial charge on any atom is -0.341 e. The van der Waals surface area contributed by atoms with Crippen LogP contribution in [0.3, 0.4) is 0 Å². The lowest BCUT2D eigenvalue weighted by atomic mass is 9.90. The maximum absolute atomic E-state index is 12.9. The van der Waals surface area contributed by atoms with Gasteiger partial charge in [0, 0.05) is 45.0 Å². The lowest BCUT2D eigenvalue weighted by molar-refractivity contribution is 0.0658. The summed E-state index contributed by atoms with van der Waals surface area (Å²) in [5.41, 5.74) is 2.81. The van der Waals surface area contributed by atoms with E-state index in [0.29, 0.717) is 17.6 Å². The van der Waals surface area contributed by atoms with Crippen molar-refractivity contribution in [1.82, 2.24) is 19.8 Å². The molecule has 0 bridgehead atoms. The summed E-state index contributed by atoms with van der Waals surface area (Å²) in [5, 5.41) is 0. The molecule has 29 heavy (non-hydrogen) atoms. The van der Waals surface area contributed by atoms with E-state index < -0.39 is 0 Å². The molecular formula is C23H31N5O. The van der Waals surface area contributed by atoms with Crippen LogP contribution >= 0.6 is 0 Å². The topological polar surface area (TPSA) is 52.6 Å². The largest absolute Gasteiger partial charge is 0.341 e. The lowest BCUT2D eigenvalue weighted by Gasteiger charge is -2.33. The number of rotatable bonds is 4. The van der Waals surface area contributed by atoms with Crippen molar-refractivity contribution in [2.75, 3.05) is 51.2 Å². The van der Waals surface area contributed by atoms with Gasteiger partial charge in [-0.05, 0) is 50.8 Å². The van der Waals surface area contributed by atoms with E-state index in [0.717, 1.165) is 64.2 Å². The molecule has 1 amide bonds. The van der Waals surface area contributed by atoms with Crippen molar-refractivity contribution in [2.24, 2.45) is 5.92 Å². The van der Waals surface area contributed by atoms with Crippen molar-refractivity contribution in [3.8, 4) is 0 Å². The van der Waals surface area contributed by atoms with E-state index in [1.165, 1.54) is 5.56 Å². The zero-order valence-corrected chi connectivity index (χ0v) is 17.5. The van der Waals surface area contributed by atoms with Crippen LogP contribution in [0.1, 0.15) is 34.6 Å². The quantitative estimate of drug-likeness (QED) is 0.799. The Morgan fingerprint density at radius 1 is 1.00 bits per heavy atom. The molecule has 6 nitrogen and oxygen atoms in total. The highest BCUT2D eigenvalue weighted by atomic mass is 16.2. The molecule has 3 heterocycles. The highest BCUT2D eigenvalue weighted by Crippen LogP contribution is 2.24. The third-order valence-corrected chi connectivity index (χ3v) is 6.12. The molecule has 2 saturated heterocycles. The van der Waals surface area contributed by atoms with Gasteiger partial charge < -0.3 is 14.7 Å². The first-order valence-corrected chi connectivity index (χ1v) is 10.7. The standard InChI is InChI=1S/C23H31N5O/c1-18-16-21(22(29)27-14-12-26(2)13-15-27)25-23(24-18)28-10-8-20(9-11-28)17-19-6-4-3-5-7-19/h3-7,16,20H,8-15,17H2,1-2H3. The molecule has 0 N–H and O–H groups in total. The van der Waals surface area contributed by atoms with E-state index in [-0.39, 0.29) is 5.91 Å².